The van der Waals surface area contributed by atoms with Gasteiger partial charge in [0, 0.05) is 0 Å². The Balaban J connectivity index is 2.94. The van der Waals surface area contributed by atoms with Crippen molar-refractivity contribution in [2.75, 3.05) is 5.32 Å². The molecule has 19 heavy (non-hydrogen) atoms. The fourth-order valence-electron chi connectivity index (χ4n) is 1.60. The van der Waals surface area contributed by atoms with Gasteiger partial charge in [0.2, 0.25) is 0 Å². The fraction of sp³-hybridized carbons (Fsp3) is 0.385. The van der Waals surface area contributed by atoms with E-state index in [1.54, 1.807) is 0 Å². The molecule has 0 bridgehead atoms. The van der Waals surface area contributed by atoms with Crippen LogP contribution in [0.2, 0.25) is 0 Å². The van der Waals surface area contributed by atoms with Crippen molar-refractivity contribution in [3.05, 3.63) is 28.0 Å². The molecule has 0 saturated carbocycles. The molecule has 4 nitrogen and oxygen atoms in total. The van der Waals surface area contributed by atoms with Gasteiger partial charge in [-0.2, -0.15) is 5.26 Å². The molecule has 0 saturated heterocycles. The van der Waals surface area contributed by atoms with Crippen LogP contribution in [0, 0.1) is 17.1 Å². The van der Waals surface area contributed by atoms with Crippen LogP contribution in [-0.2, 0) is 4.79 Å². The second-order valence-electron chi connectivity index (χ2n) is 4.08. The summed E-state index contributed by atoms with van der Waals surface area (Å²) in [6, 6.07) is 3.82. The fourth-order valence-corrected chi connectivity index (χ4v) is 2.04. The molecule has 0 aromatic heterocycles. The molecule has 1 aromatic rings. The van der Waals surface area contributed by atoms with Crippen molar-refractivity contribution in [2.24, 2.45) is 0 Å². The number of hydrogen-bond acceptors (Lipinski definition) is 3. The number of hydrogen-bond donors (Lipinski definition) is 2. The first kappa shape index (κ1) is 15.4. The minimum atomic E-state index is -1.02. The standard InChI is InChI=1S/C13H14BrFN2O2/c1-2-3-4-10(13(18)19)17-9-6-5-8(7-16)11(14)12(9)15/h5-6,10,17H,2-4H2,1H3,(H,18,19). The van der Waals surface area contributed by atoms with Crippen molar-refractivity contribution < 1.29 is 14.3 Å². The molecule has 1 rings (SSSR count). The van der Waals surface area contributed by atoms with Crippen molar-refractivity contribution in [1.82, 2.24) is 0 Å². The van der Waals surface area contributed by atoms with Crippen molar-refractivity contribution in [2.45, 2.75) is 32.2 Å². The van der Waals surface area contributed by atoms with Crippen molar-refractivity contribution in [1.29, 1.82) is 5.26 Å². The number of nitrogens with zero attached hydrogens (tertiary/aromatic N) is 1. The normalized spacial score (nSPS) is 11.7. The Morgan fingerprint density at radius 1 is 1.63 bits per heavy atom. The van der Waals surface area contributed by atoms with Gasteiger partial charge in [-0.25, -0.2) is 9.18 Å². The van der Waals surface area contributed by atoms with Gasteiger partial charge >= 0.3 is 5.97 Å². The van der Waals surface area contributed by atoms with Gasteiger partial charge in [0.1, 0.15) is 12.1 Å². The first-order valence-corrected chi connectivity index (χ1v) is 6.68. The highest BCUT2D eigenvalue weighted by Gasteiger charge is 2.19. The summed E-state index contributed by atoms with van der Waals surface area (Å²) in [4.78, 5) is 11.1. The molecule has 0 radical (unpaired) electrons. The largest absolute Gasteiger partial charge is 0.480 e. The predicted octanol–water partition coefficient (Wildman–Crippen LogP) is 3.52. The van der Waals surface area contributed by atoms with E-state index in [1.807, 2.05) is 13.0 Å². The lowest BCUT2D eigenvalue weighted by atomic mass is 10.1. The molecule has 0 heterocycles. The van der Waals surface area contributed by atoms with Crippen LogP contribution >= 0.6 is 15.9 Å². The molecule has 0 amide bonds. The predicted molar refractivity (Wildman–Crippen MR) is 73.4 cm³/mol. The first-order valence-electron chi connectivity index (χ1n) is 5.88. The van der Waals surface area contributed by atoms with E-state index in [-0.39, 0.29) is 15.7 Å². The van der Waals surface area contributed by atoms with Crippen molar-refractivity contribution in [3.8, 4) is 6.07 Å². The molecule has 0 aliphatic carbocycles. The average Bonchev–Trinajstić information content (AvgIpc) is 2.39. The number of aliphatic carboxylic acids is 1. The number of unbranched alkanes of at least 4 members (excludes halogenated alkanes) is 1. The van der Waals surface area contributed by atoms with Gasteiger partial charge in [-0.05, 0) is 34.5 Å². The zero-order chi connectivity index (χ0) is 14.4. The number of rotatable bonds is 6. The van der Waals surface area contributed by atoms with E-state index >= 15 is 0 Å². The molecular weight excluding hydrogens is 315 g/mol. The van der Waals surface area contributed by atoms with E-state index in [0.717, 1.165) is 12.8 Å². The van der Waals surface area contributed by atoms with Crippen LogP contribution in [-0.4, -0.2) is 17.1 Å². The second-order valence-corrected chi connectivity index (χ2v) is 4.87. The topological polar surface area (TPSA) is 73.1 Å². The van der Waals surface area contributed by atoms with E-state index in [0.29, 0.717) is 6.42 Å². The zero-order valence-corrected chi connectivity index (χ0v) is 12.0. The lowest BCUT2D eigenvalue weighted by Crippen LogP contribution is -2.29. The smallest absolute Gasteiger partial charge is 0.326 e. The number of anilines is 1. The molecule has 6 heteroatoms. The van der Waals surface area contributed by atoms with Crippen LogP contribution in [0.1, 0.15) is 31.7 Å². The third kappa shape index (κ3) is 3.93. The van der Waals surface area contributed by atoms with Crippen LogP contribution in [0.25, 0.3) is 0 Å². The number of carboxylic acids is 1. The van der Waals surface area contributed by atoms with Crippen LogP contribution in [0.15, 0.2) is 16.6 Å². The molecule has 0 aliphatic heterocycles. The highest BCUT2D eigenvalue weighted by Crippen LogP contribution is 2.27. The highest BCUT2D eigenvalue weighted by atomic mass is 79.9. The van der Waals surface area contributed by atoms with Gasteiger partial charge < -0.3 is 10.4 Å². The molecule has 2 N–H and O–H groups in total. The molecule has 1 aromatic carbocycles. The first-order chi connectivity index (χ1) is 9.01. The summed E-state index contributed by atoms with van der Waals surface area (Å²) >= 11 is 2.99. The highest BCUT2D eigenvalue weighted by molar-refractivity contribution is 9.10. The summed E-state index contributed by atoms with van der Waals surface area (Å²) in [6.45, 7) is 1.96. The molecule has 102 valence electrons. The van der Waals surface area contributed by atoms with E-state index in [9.17, 15) is 9.18 Å². The number of nitrogens with one attached hydrogen (secondary N) is 1. The number of carboxylic acid groups (broad SMARTS) is 1. The Morgan fingerprint density at radius 2 is 2.32 bits per heavy atom. The summed E-state index contributed by atoms with van der Waals surface area (Å²) in [5.41, 5.74) is 0.248. The third-order valence-corrected chi connectivity index (χ3v) is 3.45. The SMILES string of the molecule is CCCCC(Nc1ccc(C#N)c(Br)c1F)C(=O)O. The summed E-state index contributed by atoms with van der Waals surface area (Å²) < 4.78 is 14.0. The van der Waals surface area contributed by atoms with Gasteiger partial charge in [-0.3, -0.25) is 0 Å². The van der Waals surface area contributed by atoms with Crippen LogP contribution in [0.3, 0.4) is 0 Å². The molecular formula is C13H14BrFN2O2. The maximum atomic E-state index is 13.9. The van der Waals surface area contributed by atoms with Gasteiger partial charge in [0.15, 0.2) is 5.82 Å². The number of carbonyl (C=O) groups is 1. The van der Waals surface area contributed by atoms with Crippen LogP contribution < -0.4 is 5.32 Å². The lowest BCUT2D eigenvalue weighted by molar-refractivity contribution is -0.138. The number of halogens is 2. The van der Waals surface area contributed by atoms with E-state index in [2.05, 4.69) is 21.2 Å². The molecule has 0 aliphatic rings. The van der Waals surface area contributed by atoms with Crippen LogP contribution in [0.5, 0.6) is 0 Å². The third-order valence-electron chi connectivity index (χ3n) is 2.68. The Hall–Kier alpha value is -1.61. The Bertz CT molecular complexity index is 514. The average molecular weight is 329 g/mol. The number of nitriles is 1. The van der Waals surface area contributed by atoms with Crippen molar-refractivity contribution in [3.63, 3.8) is 0 Å². The van der Waals surface area contributed by atoms with E-state index in [1.165, 1.54) is 12.1 Å². The van der Waals surface area contributed by atoms with Gasteiger partial charge in [0.05, 0.1) is 15.7 Å². The van der Waals surface area contributed by atoms with Gasteiger partial charge in [-0.1, -0.05) is 19.8 Å². The molecule has 0 fully saturated rings. The van der Waals surface area contributed by atoms with Crippen LogP contribution in [0.4, 0.5) is 10.1 Å². The Morgan fingerprint density at radius 3 is 2.84 bits per heavy atom. The van der Waals surface area contributed by atoms with E-state index in [4.69, 9.17) is 10.4 Å². The minimum Gasteiger partial charge on any atom is -0.480 e. The monoisotopic (exact) mass is 328 g/mol. The summed E-state index contributed by atoms with van der Waals surface area (Å²) in [6.07, 6.45) is 2.02. The van der Waals surface area contributed by atoms with Crippen molar-refractivity contribution >= 4 is 27.6 Å². The summed E-state index contributed by atoms with van der Waals surface area (Å²) in [7, 11) is 0. The molecule has 1 atom stereocenters. The lowest BCUT2D eigenvalue weighted by Gasteiger charge is -2.16. The second kappa shape index (κ2) is 7.10. The van der Waals surface area contributed by atoms with Gasteiger partial charge in [0.25, 0.3) is 0 Å². The summed E-state index contributed by atoms with van der Waals surface area (Å²) in [5.74, 6) is -1.67. The van der Waals surface area contributed by atoms with E-state index < -0.39 is 17.8 Å². The maximum Gasteiger partial charge on any atom is 0.326 e. The minimum absolute atomic E-state index is 0.0413. The Labute approximate surface area is 119 Å². The zero-order valence-electron chi connectivity index (χ0n) is 10.4. The maximum absolute atomic E-state index is 13.9. The van der Waals surface area contributed by atoms with Gasteiger partial charge in [-0.15, -0.1) is 0 Å². The quantitative estimate of drug-likeness (QED) is 0.838. The number of benzene rings is 1. The Kier molecular flexibility index (Phi) is 5.77. The molecule has 1 unspecified atom stereocenters. The summed E-state index contributed by atoms with van der Waals surface area (Å²) in [5, 5.41) is 20.5. The molecule has 0 spiro atoms.